The molecular formula is C12H23NO2. The lowest BCUT2D eigenvalue weighted by Crippen LogP contribution is -1.92. The van der Waals surface area contributed by atoms with Crippen LogP contribution in [0.2, 0.25) is 0 Å². The van der Waals surface area contributed by atoms with Gasteiger partial charge in [0.2, 0.25) is 0 Å². The highest BCUT2D eigenvalue weighted by atomic mass is 16.5. The third-order valence-electron chi connectivity index (χ3n) is 1.41. The van der Waals surface area contributed by atoms with E-state index in [1.54, 1.807) is 32.4 Å². The Hall–Kier alpha value is -1.38. The summed E-state index contributed by atoms with van der Waals surface area (Å²) in [6, 6.07) is 5.26. The molecule has 1 rings (SSSR count). The molecule has 1 aromatic carbocycles. The van der Waals surface area contributed by atoms with E-state index in [0.29, 0.717) is 17.2 Å². The lowest BCUT2D eigenvalue weighted by atomic mass is 10.3. The largest absolute Gasteiger partial charge is 0.493 e. The minimum Gasteiger partial charge on any atom is -0.493 e. The summed E-state index contributed by atoms with van der Waals surface area (Å²) in [5.74, 6) is 1.36. The summed E-state index contributed by atoms with van der Waals surface area (Å²) in [5, 5.41) is 0. The summed E-state index contributed by atoms with van der Waals surface area (Å²) < 4.78 is 10.0. The molecule has 0 spiro atoms. The highest BCUT2D eigenvalue weighted by Gasteiger charge is 2.00. The molecule has 0 aliphatic carbocycles. The van der Waals surface area contributed by atoms with Crippen LogP contribution in [0.3, 0.4) is 0 Å². The van der Waals surface area contributed by atoms with E-state index in [4.69, 9.17) is 15.2 Å². The van der Waals surface area contributed by atoms with E-state index in [9.17, 15) is 0 Å². The maximum atomic E-state index is 5.52. The summed E-state index contributed by atoms with van der Waals surface area (Å²) in [6.07, 6.45) is 0. The first kappa shape index (κ1) is 16.1. The standard InChI is InChI=1S/C8H11NO2.2C2H6/c1-10-7-4-3-6(9)5-8(7)11-2;2*1-2/h3-5H,9H2,1-2H3;2*1-2H3. The molecule has 0 fully saturated rings. The van der Waals surface area contributed by atoms with Gasteiger partial charge in [-0.25, -0.2) is 0 Å². The second-order valence-electron chi connectivity index (χ2n) is 2.11. The van der Waals surface area contributed by atoms with Gasteiger partial charge < -0.3 is 15.2 Å². The molecule has 0 aromatic heterocycles. The fourth-order valence-corrected chi connectivity index (χ4v) is 0.853. The summed E-state index contributed by atoms with van der Waals surface area (Å²) in [5.41, 5.74) is 6.19. The molecule has 0 bridgehead atoms. The Labute approximate surface area is 93.2 Å². The maximum Gasteiger partial charge on any atom is 0.162 e. The molecule has 1 aromatic rings. The van der Waals surface area contributed by atoms with Crippen LogP contribution in [0, 0.1) is 0 Å². The third kappa shape index (κ3) is 5.83. The predicted octanol–water partition coefficient (Wildman–Crippen LogP) is 3.34. The van der Waals surface area contributed by atoms with Gasteiger partial charge in [-0.15, -0.1) is 0 Å². The first-order valence-electron chi connectivity index (χ1n) is 5.25. The van der Waals surface area contributed by atoms with Gasteiger partial charge in [-0.1, -0.05) is 27.7 Å². The van der Waals surface area contributed by atoms with Crippen molar-refractivity contribution in [2.75, 3.05) is 20.0 Å². The van der Waals surface area contributed by atoms with Crippen molar-refractivity contribution in [3.8, 4) is 11.5 Å². The van der Waals surface area contributed by atoms with Crippen LogP contribution in [-0.4, -0.2) is 14.2 Å². The van der Waals surface area contributed by atoms with E-state index in [2.05, 4.69) is 0 Å². The Kier molecular flexibility index (Phi) is 11.5. The lowest BCUT2D eigenvalue weighted by Gasteiger charge is -2.06. The van der Waals surface area contributed by atoms with Gasteiger partial charge in [0.15, 0.2) is 11.5 Å². The number of benzene rings is 1. The molecule has 0 heterocycles. The van der Waals surface area contributed by atoms with Gasteiger partial charge >= 0.3 is 0 Å². The number of ether oxygens (including phenoxy) is 2. The zero-order valence-electron chi connectivity index (χ0n) is 10.6. The summed E-state index contributed by atoms with van der Waals surface area (Å²) >= 11 is 0. The van der Waals surface area contributed by atoms with Gasteiger partial charge in [-0.05, 0) is 12.1 Å². The van der Waals surface area contributed by atoms with Crippen LogP contribution in [0.4, 0.5) is 5.69 Å². The quantitative estimate of drug-likeness (QED) is 0.766. The maximum absolute atomic E-state index is 5.52. The molecule has 0 unspecified atom stereocenters. The number of hydrogen-bond acceptors (Lipinski definition) is 3. The topological polar surface area (TPSA) is 44.5 Å². The molecule has 0 aliphatic heterocycles. The molecule has 0 radical (unpaired) electrons. The van der Waals surface area contributed by atoms with Crippen LogP contribution in [0.1, 0.15) is 27.7 Å². The van der Waals surface area contributed by atoms with Crippen molar-refractivity contribution >= 4 is 5.69 Å². The summed E-state index contributed by atoms with van der Waals surface area (Å²) in [4.78, 5) is 0. The Bertz CT molecular complexity index is 249. The van der Waals surface area contributed by atoms with Gasteiger partial charge in [0.25, 0.3) is 0 Å². The van der Waals surface area contributed by atoms with E-state index < -0.39 is 0 Å². The van der Waals surface area contributed by atoms with Crippen LogP contribution in [0.15, 0.2) is 18.2 Å². The lowest BCUT2D eigenvalue weighted by molar-refractivity contribution is 0.355. The molecule has 0 atom stereocenters. The molecule has 3 nitrogen and oxygen atoms in total. The number of hydrogen-bond donors (Lipinski definition) is 1. The Balaban J connectivity index is 0. The van der Waals surface area contributed by atoms with Crippen LogP contribution in [0.25, 0.3) is 0 Å². The van der Waals surface area contributed by atoms with Gasteiger partial charge in [-0.3, -0.25) is 0 Å². The molecule has 0 aliphatic rings. The monoisotopic (exact) mass is 213 g/mol. The normalized spacial score (nSPS) is 7.60. The van der Waals surface area contributed by atoms with Crippen LogP contribution < -0.4 is 15.2 Å². The van der Waals surface area contributed by atoms with Crippen molar-refractivity contribution in [1.29, 1.82) is 0 Å². The van der Waals surface area contributed by atoms with Gasteiger partial charge in [0.05, 0.1) is 14.2 Å². The fourth-order valence-electron chi connectivity index (χ4n) is 0.853. The molecule has 0 saturated carbocycles. The second-order valence-corrected chi connectivity index (χ2v) is 2.11. The number of anilines is 1. The predicted molar refractivity (Wildman–Crippen MR) is 66.7 cm³/mol. The molecule has 88 valence electrons. The van der Waals surface area contributed by atoms with Crippen molar-refractivity contribution in [1.82, 2.24) is 0 Å². The molecular weight excluding hydrogens is 190 g/mol. The highest BCUT2D eigenvalue weighted by molar-refractivity contribution is 5.51. The average molecular weight is 213 g/mol. The molecule has 0 saturated heterocycles. The van der Waals surface area contributed by atoms with Crippen LogP contribution >= 0.6 is 0 Å². The first-order chi connectivity index (χ1) is 7.27. The summed E-state index contributed by atoms with van der Waals surface area (Å²) in [6.45, 7) is 8.00. The highest BCUT2D eigenvalue weighted by Crippen LogP contribution is 2.28. The van der Waals surface area contributed by atoms with Gasteiger partial charge in [0, 0.05) is 11.8 Å². The third-order valence-corrected chi connectivity index (χ3v) is 1.41. The van der Waals surface area contributed by atoms with Crippen LogP contribution in [0.5, 0.6) is 11.5 Å². The second kappa shape index (κ2) is 10.7. The van der Waals surface area contributed by atoms with E-state index in [1.165, 1.54) is 0 Å². The zero-order valence-corrected chi connectivity index (χ0v) is 10.6. The molecule has 2 N–H and O–H groups in total. The fraction of sp³-hybridized carbons (Fsp3) is 0.500. The Morgan fingerprint density at radius 1 is 0.867 bits per heavy atom. The zero-order chi connectivity index (χ0) is 12.3. The number of methoxy groups -OCH3 is 2. The Morgan fingerprint density at radius 2 is 1.33 bits per heavy atom. The average Bonchev–Trinajstić information content (AvgIpc) is 2.34. The number of nitrogen functional groups attached to an aromatic ring is 1. The van der Waals surface area contributed by atoms with Crippen molar-refractivity contribution in [3.63, 3.8) is 0 Å². The van der Waals surface area contributed by atoms with Crippen LogP contribution in [-0.2, 0) is 0 Å². The molecule has 0 amide bonds. The van der Waals surface area contributed by atoms with E-state index in [0.717, 1.165) is 0 Å². The van der Waals surface area contributed by atoms with Crippen molar-refractivity contribution in [3.05, 3.63) is 18.2 Å². The minimum absolute atomic E-state index is 0.660. The van der Waals surface area contributed by atoms with Gasteiger partial charge in [-0.2, -0.15) is 0 Å². The van der Waals surface area contributed by atoms with E-state index in [1.807, 2.05) is 27.7 Å². The Morgan fingerprint density at radius 3 is 1.73 bits per heavy atom. The first-order valence-corrected chi connectivity index (χ1v) is 5.25. The van der Waals surface area contributed by atoms with Crippen molar-refractivity contribution in [2.24, 2.45) is 0 Å². The smallest absolute Gasteiger partial charge is 0.162 e. The van der Waals surface area contributed by atoms with E-state index >= 15 is 0 Å². The number of rotatable bonds is 2. The van der Waals surface area contributed by atoms with E-state index in [-0.39, 0.29) is 0 Å². The van der Waals surface area contributed by atoms with Crippen molar-refractivity contribution in [2.45, 2.75) is 27.7 Å². The van der Waals surface area contributed by atoms with Crippen molar-refractivity contribution < 1.29 is 9.47 Å². The van der Waals surface area contributed by atoms with Gasteiger partial charge in [0.1, 0.15) is 0 Å². The summed E-state index contributed by atoms with van der Waals surface area (Å²) in [7, 11) is 3.17. The number of nitrogens with two attached hydrogens (primary N) is 1. The molecule has 15 heavy (non-hydrogen) atoms. The minimum atomic E-state index is 0.660. The SMILES string of the molecule is CC.CC.COc1ccc(N)cc1OC. The molecule has 3 heteroatoms.